The van der Waals surface area contributed by atoms with E-state index in [0.717, 1.165) is 44.0 Å². The van der Waals surface area contributed by atoms with Crippen molar-refractivity contribution < 1.29 is 13.9 Å². The van der Waals surface area contributed by atoms with Crippen LogP contribution in [0.15, 0.2) is 47.1 Å². The second-order valence-corrected chi connectivity index (χ2v) is 6.23. The molecule has 1 N–H and O–H groups in total. The Hall–Kier alpha value is -2.27. The van der Waals surface area contributed by atoms with Crippen LogP contribution in [0.25, 0.3) is 0 Å². The summed E-state index contributed by atoms with van der Waals surface area (Å²) in [5.74, 6) is 0.756. The molecule has 2 aliphatic heterocycles. The minimum Gasteiger partial charge on any atom is -0.467 e. The van der Waals surface area contributed by atoms with E-state index in [2.05, 4.69) is 17.4 Å². The highest BCUT2D eigenvalue weighted by Gasteiger charge is 2.45. The zero-order valence-corrected chi connectivity index (χ0v) is 13.0. The number of urea groups is 1. The Labute approximate surface area is 135 Å². The summed E-state index contributed by atoms with van der Waals surface area (Å²) in [6.45, 7) is 2.65. The summed E-state index contributed by atoms with van der Waals surface area (Å²) in [4.78, 5) is 14.5. The van der Waals surface area contributed by atoms with Gasteiger partial charge in [0.1, 0.15) is 5.76 Å². The molecule has 0 saturated carbocycles. The number of nitrogens with zero attached hydrogens (tertiary/aromatic N) is 1. The van der Waals surface area contributed by atoms with E-state index < -0.39 is 0 Å². The number of ether oxygens (including phenoxy) is 1. The summed E-state index contributed by atoms with van der Waals surface area (Å²) in [5, 5.41) is 2.95. The van der Waals surface area contributed by atoms with Crippen LogP contribution in [0.2, 0.25) is 0 Å². The number of carbonyl (C=O) groups excluding carboxylic acids is 1. The number of fused-ring (bicyclic) bond motifs is 2. The summed E-state index contributed by atoms with van der Waals surface area (Å²) in [6, 6.07) is 11.8. The molecule has 0 unspecified atom stereocenters. The van der Waals surface area contributed by atoms with Gasteiger partial charge in [0, 0.05) is 30.9 Å². The van der Waals surface area contributed by atoms with Gasteiger partial charge in [0.05, 0.1) is 12.8 Å². The number of nitrogens with one attached hydrogen (secondary N) is 1. The van der Waals surface area contributed by atoms with Gasteiger partial charge in [-0.2, -0.15) is 0 Å². The van der Waals surface area contributed by atoms with E-state index in [1.165, 1.54) is 5.56 Å². The third kappa shape index (κ3) is 2.51. The van der Waals surface area contributed by atoms with Gasteiger partial charge >= 0.3 is 6.03 Å². The van der Waals surface area contributed by atoms with Crippen LogP contribution in [0.3, 0.4) is 0 Å². The molecule has 2 aliphatic rings. The first-order valence-corrected chi connectivity index (χ1v) is 8.04. The van der Waals surface area contributed by atoms with E-state index in [9.17, 15) is 4.79 Å². The number of rotatable bonds is 2. The van der Waals surface area contributed by atoms with Crippen molar-refractivity contribution in [3.63, 3.8) is 0 Å². The van der Waals surface area contributed by atoms with Crippen LogP contribution in [-0.4, -0.2) is 25.8 Å². The summed E-state index contributed by atoms with van der Waals surface area (Å²) in [7, 11) is 0. The second kappa shape index (κ2) is 5.74. The smallest absolute Gasteiger partial charge is 0.322 e. The van der Waals surface area contributed by atoms with Crippen molar-refractivity contribution in [2.75, 3.05) is 24.7 Å². The van der Waals surface area contributed by atoms with Crippen molar-refractivity contribution >= 4 is 11.7 Å². The van der Waals surface area contributed by atoms with E-state index in [1.54, 1.807) is 6.26 Å². The summed E-state index contributed by atoms with van der Waals surface area (Å²) >= 11 is 0. The number of hydrogen-bond acceptors (Lipinski definition) is 3. The summed E-state index contributed by atoms with van der Waals surface area (Å²) < 4.78 is 10.8. The molecule has 1 fully saturated rings. The molecule has 2 aromatic rings. The number of anilines is 1. The predicted molar refractivity (Wildman–Crippen MR) is 86.5 cm³/mol. The number of carbonyl (C=O) groups is 1. The quantitative estimate of drug-likeness (QED) is 0.927. The molecule has 120 valence electrons. The minimum absolute atomic E-state index is 0.0386. The number of furan rings is 1. The van der Waals surface area contributed by atoms with Crippen LogP contribution in [-0.2, 0) is 16.7 Å². The molecule has 0 aliphatic carbocycles. The van der Waals surface area contributed by atoms with Gasteiger partial charge in [-0.15, -0.1) is 0 Å². The van der Waals surface area contributed by atoms with E-state index in [0.29, 0.717) is 6.54 Å². The van der Waals surface area contributed by atoms with Crippen molar-refractivity contribution in [1.29, 1.82) is 0 Å². The van der Waals surface area contributed by atoms with E-state index in [4.69, 9.17) is 9.15 Å². The molecule has 1 spiro atoms. The van der Waals surface area contributed by atoms with Crippen LogP contribution in [0.4, 0.5) is 10.5 Å². The van der Waals surface area contributed by atoms with Gasteiger partial charge in [-0.25, -0.2) is 4.79 Å². The first-order chi connectivity index (χ1) is 11.3. The Morgan fingerprint density at radius 1 is 1.17 bits per heavy atom. The molecular formula is C18H20N2O3. The maximum atomic E-state index is 12.7. The monoisotopic (exact) mass is 312 g/mol. The van der Waals surface area contributed by atoms with Crippen molar-refractivity contribution in [2.45, 2.75) is 24.8 Å². The molecule has 0 radical (unpaired) electrons. The second-order valence-electron chi connectivity index (χ2n) is 6.23. The average Bonchev–Trinajstić information content (AvgIpc) is 3.21. The normalized spacial score (nSPS) is 18.9. The zero-order valence-electron chi connectivity index (χ0n) is 13.0. The average molecular weight is 312 g/mol. The third-order valence-corrected chi connectivity index (χ3v) is 4.92. The zero-order chi connectivity index (χ0) is 15.7. The fourth-order valence-corrected chi connectivity index (χ4v) is 3.67. The molecule has 1 saturated heterocycles. The van der Waals surface area contributed by atoms with Crippen molar-refractivity contribution in [2.24, 2.45) is 0 Å². The molecule has 5 nitrogen and oxygen atoms in total. The maximum Gasteiger partial charge on any atom is 0.322 e. The molecule has 23 heavy (non-hydrogen) atoms. The Morgan fingerprint density at radius 2 is 2.00 bits per heavy atom. The van der Waals surface area contributed by atoms with Gasteiger partial charge in [0.2, 0.25) is 0 Å². The Bertz CT molecular complexity index is 690. The summed E-state index contributed by atoms with van der Waals surface area (Å²) in [5.41, 5.74) is 2.33. The summed E-state index contributed by atoms with van der Waals surface area (Å²) in [6.07, 6.45) is 3.54. The lowest BCUT2D eigenvalue weighted by molar-refractivity contribution is 0.0556. The first kappa shape index (κ1) is 14.3. The number of benzene rings is 1. The van der Waals surface area contributed by atoms with Crippen molar-refractivity contribution in [3.8, 4) is 0 Å². The van der Waals surface area contributed by atoms with Crippen LogP contribution >= 0.6 is 0 Å². The molecule has 1 aromatic heterocycles. The Balaban J connectivity index is 1.56. The van der Waals surface area contributed by atoms with Gasteiger partial charge < -0.3 is 14.5 Å². The fraction of sp³-hybridized carbons (Fsp3) is 0.389. The minimum atomic E-state index is -0.0720. The molecule has 5 heteroatoms. The Kier molecular flexibility index (Phi) is 3.58. The fourth-order valence-electron chi connectivity index (χ4n) is 3.67. The van der Waals surface area contributed by atoms with Gasteiger partial charge in [-0.3, -0.25) is 4.90 Å². The van der Waals surface area contributed by atoms with Crippen molar-refractivity contribution in [1.82, 2.24) is 5.32 Å². The van der Waals surface area contributed by atoms with Gasteiger partial charge in [-0.05, 0) is 36.6 Å². The molecule has 3 heterocycles. The number of hydrogen-bond donors (Lipinski definition) is 1. The van der Waals surface area contributed by atoms with E-state index >= 15 is 0 Å². The highest BCUT2D eigenvalue weighted by Crippen LogP contribution is 2.46. The number of para-hydroxylation sites is 1. The van der Waals surface area contributed by atoms with Crippen LogP contribution in [0.5, 0.6) is 0 Å². The highest BCUT2D eigenvalue weighted by molar-refractivity contribution is 5.95. The van der Waals surface area contributed by atoms with E-state index in [1.807, 2.05) is 29.2 Å². The lowest BCUT2D eigenvalue weighted by Crippen LogP contribution is -2.44. The maximum absolute atomic E-state index is 12.7. The predicted octanol–water partition coefficient (Wildman–Crippen LogP) is 3.06. The lowest BCUT2D eigenvalue weighted by atomic mass is 9.76. The first-order valence-electron chi connectivity index (χ1n) is 8.04. The van der Waals surface area contributed by atoms with Gasteiger partial charge in [0.25, 0.3) is 0 Å². The highest BCUT2D eigenvalue weighted by atomic mass is 16.5. The molecule has 2 amide bonds. The third-order valence-electron chi connectivity index (χ3n) is 4.92. The van der Waals surface area contributed by atoms with Gasteiger partial charge in [0.15, 0.2) is 0 Å². The SMILES string of the molecule is O=C(NCc1ccco1)N1CC2(CCOCC2)c2ccccc21. The molecule has 4 rings (SSSR count). The molecule has 1 aromatic carbocycles. The van der Waals surface area contributed by atoms with Gasteiger partial charge in [-0.1, -0.05) is 18.2 Å². The van der Waals surface area contributed by atoms with Crippen LogP contribution in [0, 0.1) is 0 Å². The standard InChI is InChI=1S/C18H20N2O3/c21-17(19-12-14-4-3-9-23-14)20-13-18(7-10-22-11-8-18)15-5-1-2-6-16(15)20/h1-6,9H,7-8,10-13H2,(H,19,21). The number of amides is 2. The molecule has 0 atom stereocenters. The Morgan fingerprint density at radius 3 is 2.78 bits per heavy atom. The van der Waals surface area contributed by atoms with E-state index in [-0.39, 0.29) is 11.4 Å². The topological polar surface area (TPSA) is 54.7 Å². The molecular weight excluding hydrogens is 292 g/mol. The lowest BCUT2D eigenvalue weighted by Gasteiger charge is -2.34. The van der Waals surface area contributed by atoms with Crippen molar-refractivity contribution in [3.05, 3.63) is 54.0 Å². The van der Waals surface area contributed by atoms with Crippen LogP contribution < -0.4 is 10.2 Å². The van der Waals surface area contributed by atoms with Crippen LogP contribution in [0.1, 0.15) is 24.2 Å². The largest absolute Gasteiger partial charge is 0.467 e. The molecule has 0 bridgehead atoms.